The molecule has 0 fully saturated rings. The predicted molar refractivity (Wildman–Crippen MR) is 87.3 cm³/mol. The second-order valence-corrected chi connectivity index (χ2v) is 5.49. The number of nitrogens with one attached hydrogen (secondary N) is 1. The average Bonchev–Trinajstić information content (AvgIpc) is 2.53. The molecule has 2 aromatic carbocycles. The Balaban J connectivity index is 1.72. The molecular weight excluding hydrogens is 264 g/mol. The lowest BCUT2D eigenvalue weighted by Crippen LogP contribution is -1.99. The Hall–Kier alpha value is -2.00. The molecule has 3 aromatic rings. The fourth-order valence-corrected chi connectivity index (χ4v) is 2.56. The van der Waals surface area contributed by atoms with Crippen molar-refractivity contribution in [1.82, 2.24) is 4.98 Å². The standard InChI is InChI=1S/C17H16N2S/c1-20-16-7-5-15(6-8-16)19-12-13-4-9-17-14(11-13)3-2-10-18-17/h2-11,19H,12H2,1H3. The van der Waals surface area contributed by atoms with Gasteiger partial charge in [0.15, 0.2) is 0 Å². The van der Waals surface area contributed by atoms with Crippen molar-refractivity contribution in [3.05, 3.63) is 66.4 Å². The number of fused-ring (bicyclic) bond motifs is 1. The van der Waals surface area contributed by atoms with E-state index in [4.69, 9.17) is 0 Å². The van der Waals surface area contributed by atoms with Gasteiger partial charge in [-0.1, -0.05) is 12.1 Å². The van der Waals surface area contributed by atoms with Gasteiger partial charge in [0.2, 0.25) is 0 Å². The van der Waals surface area contributed by atoms with Crippen LogP contribution in [0.5, 0.6) is 0 Å². The van der Waals surface area contributed by atoms with Crippen molar-refractivity contribution in [2.24, 2.45) is 0 Å². The van der Waals surface area contributed by atoms with Crippen LogP contribution in [0.2, 0.25) is 0 Å². The van der Waals surface area contributed by atoms with E-state index in [1.54, 1.807) is 11.8 Å². The van der Waals surface area contributed by atoms with Gasteiger partial charge >= 0.3 is 0 Å². The zero-order valence-corrected chi connectivity index (χ0v) is 12.2. The lowest BCUT2D eigenvalue weighted by Gasteiger charge is -2.08. The minimum absolute atomic E-state index is 0.823. The van der Waals surface area contributed by atoms with Crippen LogP contribution < -0.4 is 5.32 Å². The van der Waals surface area contributed by atoms with E-state index < -0.39 is 0 Å². The van der Waals surface area contributed by atoms with Gasteiger partial charge in [-0.25, -0.2) is 0 Å². The molecule has 3 rings (SSSR count). The topological polar surface area (TPSA) is 24.9 Å². The van der Waals surface area contributed by atoms with Crippen molar-refractivity contribution in [2.45, 2.75) is 11.4 Å². The van der Waals surface area contributed by atoms with Gasteiger partial charge in [0.1, 0.15) is 0 Å². The number of thioether (sulfide) groups is 1. The maximum absolute atomic E-state index is 4.34. The Bertz CT molecular complexity index is 708. The van der Waals surface area contributed by atoms with Crippen molar-refractivity contribution < 1.29 is 0 Å². The number of aromatic nitrogens is 1. The summed E-state index contributed by atoms with van der Waals surface area (Å²) >= 11 is 1.76. The number of rotatable bonds is 4. The van der Waals surface area contributed by atoms with E-state index in [-0.39, 0.29) is 0 Å². The van der Waals surface area contributed by atoms with Crippen LogP contribution >= 0.6 is 11.8 Å². The number of anilines is 1. The van der Waals surface area contributed by atoms with Crippen LogP contribution in [-0.4, -0.2) is 11.2 Å². The smallest absolute Gasteiger partial charge is 0.0702 e. The molecule has 1 heterocycles. The Morgan fingerprint density at radius 1 is 1.05 bits per heavy atom. The molecule has 0 spiro atoms. The van der Waals surface area contributed by atoms with Gasteiger partial charge in [0.05, 0.1) is 5.52 Å². The summed E-state index contributed by atoms with van der Waals surface area (Å²) in [6.45, 7) is 0.823. The first-order chi connectivity index (χ1) is 9.85. The van der Waals surface area contributed by atoms with Crippen LogP contribution in [0.1, 0.15) is 5.56 Å². The first kappa shape index (κ1) is 13.0. The molecule has 0 unspecified atom stereocenters. The summed E-state index contributed by atoms with van der Waals surface area (Å²) < 4.78 is 0. The van der Waals surface area contributed by atoms with E-state index in [1.165, 1.54) is 15.8 Å². The second-order valence-electron chi connectivity index (χ2n) is 4.61. The third-order valence-corrected chi connectivity index (χ3v) is 4.00. The summed E-state index contributed by atoms with van der Waals surface area (Å²) in [6.07, 6.45) is 3.92. The summed E-state index contributed by atoms with van der Waals surface area (Å²) in [7, 11) is 0. The van der Waals surface area contributed by atoms with Gasteiger partial charge in [-0.3, -0.25) is 4.98 Å². The van der Waals surface area contributed by atoms with E-state index >= 15 is 0 Å². The molecule has 1 N–H and O–H groups in total. The Labute approximate surface area is 123 Å². The zero-order chi connectivity index (χ0) is 13.8. The maximum atomic E-state index is 4.34. The van der Waals surface area contributed by atoms with E-state index in [0.717, 1.165) is 17.7 Å². The van der Waals surface area contributed by atoms with Crippen LogP contribution in [0.15, 0.2) is 65.7 Å². The molecule has 0 aliphatic carbocycles. The lowest BCUT2D eigenvalue weighted by atomic mass is 10.1. The molecule has 0 saturated heterocycles. The molecule has 0 amide bonds. The third kappa shape index (κ3) is 2.94. The van der Waals surface area contributed by atoms with Crippen molar-refractivity contribution in [2.75, 3.05) is 11.6 Å². The van der Waals surface area contributed by atoms with Gasteiger partial charge in [-0.15, -0.1) is 11.8 Å². The molecular formula is C17H16N2S. The SMILES string of the molecule is CSc1ccc(NCc2ccc3ncccc3c2)cc1. The van der Waals surface area contributed by atoms with Crippen LogP contribution in [0.4, 0.5) is 5.69 Å². The monoisotopic (exact) mass is 280 g/mol. The van der Waals surface area contributed by atoms with E-state index in [2.05, 4.69) is 65.1 Å². The Kier molecular flexibility index (Phi) is 3.88. The number of hydrogen-bond donors (Lipinski definition) is 1. The number of benzene rings is 2. The molecule has 0 saturated carbocycles. The summed E-state index contributed by atoms with van der Waals surface area (Å²) in [6, 6.07) is 19.0. The van der Waals surface area contributed by atoms with E-state index in [1.807, 2.05) is 12.3 Å². The van der Waals surface area contributed by atoms with Gasteiger partial charge in [-0.2, -0.15) is 0 Å². The molecule has 0 bridgehead atoms. The Morgan fingerprint density at radius 3 is 2.70 bits per heavy atom. The Morgan fingerprint density at radius 2 is 1.90 bits per heavy atom. The zero-order valence-electron chi connectivity index (χ0n) is 11.3. The molecule has 0 radical (unpaired) electrons. The van der Waals surface area contributed by atoms with Crippen LogP contribution in [0.25, 0.3) is 10.9 Å². The molecule has 0 aliphatic heterocycles. The molecule has 2 nitrogen and oxygen atoms in total. The van der Waals surface area contributed by atoms with Crippen molar-refractivity contribution in [1.29, 1.82) is 0 Å². The third-order valence-electron chi connectivity index (χ3n) is 3.25. The fraction of sp³-hybridized carbons (Fsp3) is 0.118. The van der Waals surface area contributed by atoms with Gasteiger partial charge in [0, 0.05) is 28.7 Å². The largest absolute Gasteiger partial charge is 0.381 e. The number of pyridine rings is 1. The van der Waals surface area contributed by atoms with Gasteiger partial charge < -0.3 is 5.32 Å². The maximum Gasteiger partial charge on any atom is 0.0702 e. The number of hydrogen-bond acceptors (Lipinski definition) is 3. The predicted octanol–water partition coefficient (Wildman–Crippen LogP) is 4.57. The van der Waals surface area contributed by atoms with Crippen LogP contribution in [-0.2, 0) is 6.54 Å². The minimum Gasteiger partial charge on any atom is -0.381 e. The van der Waals surface area contributed by atoms with Crippen LogP contribution in [0.3, 0.4) is 0 Å². The highest BCUT2D eigenvalue weighted by atomic mass is 32.2. The molecule has 1 aromatic heterocycles. The summed E-state index contributed by atoms with van der Waals surface area (Å²) in [4.78, 5) is 5.62. The molecule has 3 heteroatoms. The van der Waals surface area contributed by atoms with E-state index in [0.29, 0.717) is 0 Å². The van der Waals surface area contributed by atoms with Crippen molar-refractivity contribution in [3.63, 3.8) is 0 Å². The number of nitrogens with zero attached hydrogens (tertiary/aromatic N) is 1. The van der Waals surface area contributed by atoms with E-state index in [9.17, 15) is 0 Å². The molecule has 20 heavy (non-hydrogen) atoms. The minimum atomic E-state index is 0.823. The first-order valence-corrected chi connectivity index (χ1v) is 7.79. The second kappa shape index (κ2) is 5.97. The van der Waals surface area contributed by atoms with Gasteiger partial charge in [-0.05, 0) is 54.3 Å². The highest BCUT2D eigenvalue weighted by molar-refractivity contribution is 7.98. The molecule has 0 aliphatic rings. The van der Waals surface area contributed by atoms with Crippen molar-refractivity contribution in [3.8, 4) is 0 Å². The summed E-state index contributed by atoms with van der Waals surface area (Å²) in [5, 5.41) is 4.63. The van der Waals surface area contributed by atoms with Crippen LogP contribution in [0, 0.1) is 0 Å². The van der Waals surface area contributed by atoms with Gasteiger partial charge in [0.25, 0.3) is 0 Å². The highest BCUT2D eigenvalue weighted by Crippen LogP contribution is 2.19. The fourth-order valence-electron chi connectivity index (χ4n) is 2.15. The molecule has 0 atom stereocenters. The molecule has 100 valence electrons. The van der Waals surface area contributed by atoms with Crippen molar-refractivity contribution >= 4 is 28.4 Å². The highest BCUT2D eigenvalue weighted by Gasteiger charge is 1.98. The summed E-state index contributed by atoms with van der Waals surface area (Å²) in [5.41, 5.74) is 3.45. The average molecular weight is 280 g/mol. The summed E-state index contributed by atoms with van der Waals surface area (Å²) in [5.74, 6) is 0. The lowest BCUT2D eigenvalue weighted by molar-refractivity contribution is 1.15. The normalized spacial score (nSPS) is 10.7. The quantitative estimate of drug-likeness (QED) is 0.709. The first-order valence-electron chi connectivity index (χ1n) is 6.57.